The van der Waals surface area contributed by atoms with E-state index < -0.39 is 11.9 Å². The number of nitrogens with one attached hydrogen (secondary N) is 2. The molecule has 2 amide bonds. The predicted octanol–water partition coefficient (Wildman–Crippen LogP) is 5.66. The summed E-state index contributed by atoms with van der Waals surface area (Å²) in [6.07, 6.45) is 1.01. The molecule has 2 aromatic heterocycles. The van der Waals surface area contributed by atoms with E-state index in [1.54, 1.807) is 36.7 Å². The van der Waals surface area contributed by atoms with Crippen LogP contribution >= 0.6 is 11.6 Å². The third kappa shape index (κ3) is 4.89. The molecule has 4 rings (SSSR count). The van der Waals surface area contributed by atoms with Gasteiger partial charge >= 0.3 is 0 Å². The van der Waals surface area contributed by atoms with Crippen molar-refractivity contribution < 1.29 is 18.8 Å². The zero-order valence-corrected chi connectivity index (χ0v) is 21.5. The van der Waals surface area contributed by atoms with Crippen LogP contribution in [-0.4, -0.2) is 27.4 Å². The molecule has 0 aliphatic heterocycles. The molecule has 1 unspecified atom stereocenters. The number of aryl methyl sites for hydroxylation is 2. The fraction of sp³-hybridized carbons (Fsp3) is 0.385. The van der Waals surface area contributed by atoms with Gasteiger partial charge in [0.05, 0.1) is 22.0 Å². The van der Waals surface area contributed by atoms with E-state index in [4.69, 9.17) is 16.0 Å². The van der Waals surface area contributed by atoms with E-state index >= 15 is 0 Å². The van der Waals surface area contributed by atoms with E-state index in [1.807, 2.05) is 33.8 Å². The Hall–Kier alpha value is -3.39. The van der Waals surface area contributed by atoms with Gasteiger partial charge in [0.2, 0.25) is 5.91 Å². The third-order valence-corrected chi connectivity index (χ3v) is 6.57. The zero-order valence-electron chi connectivity index (χ0n) is 20.7. The van der Waals surface area contributed by atoms with Crippen LogP contribution in [-0.2, 0) is 11.2 Å². The fourth-order valence-corrected chi connectivity index (χ4v) is 4.80. The molecule has 0 radical (unpaired) electrons. The minimum absolute atomic E-state index is 0.00520. The van der Waals surface area contributed by atoms with Gasteiger partial charge < -0.3 is 15.1 Å². The van der Waals surface area contributed by atoms with E-state index in [0.717, 1.165) is 11.4 Å². The van der Waals surface area contributed by atoms with Crippen LogP contribution < -0.4 is 10.6 Å². The maximum Gasteiger partial charge on any atom is 0.291 e. The van der Waals surface area contributed by atoms with Crippen molar-refractivity contribution in [3.8, 4) is 0 Å². The summed E-state index contributed by atoms with van der Waals surface area (Å²) in [6, 6.07) is 6.19. The van der Waals surface area contributed by atoms with Gasteiger partial charge in [-0.2, -0.15) is 5.10 Å². The van der Waals surface area contributed by atoms with Crippen molar-refractivity contribution >= 4 is 40.6 Å². The summed E-state index contributed by atoms with van der Waals surface area (Å²) in [6.45, 7) is 11.3. The molecule has 1 aliphatic rings. The summed E-state index contributed by atoms with van der Waals surface area (Å²) in [5.41, 5.74) is 3.43. The van der Waals surface area contributed by atoms with Crippen molar-refractivity contribution in [3.63, 3.8) is 0 Å². The van der Waals surface area contributed by atoms with Gasteiger partial charge in [0, 0.05) is 29.8 Å². The highest BCUT2D eigenvalue weighted by molar-refractivity contribution is 6.34. The lowest BCUT2D eigenvalue weighted by molar-refractivity contribution is -0.119. The van der Waals surface area contributed by atoms with Crippen LogP contribution in [0.3, 0.4) is 0 Å². The number of Topliss-reactive ketones (excluding diaryl/α,β-unsaturated/α-hetero) is 1. The first kappa shape index (κ1) is 24.7. The number of hydrogen-bond acceptors (Lipinski definition) is 5. The molecule has 8 nitrogen and oxygen atoms in total. The lowest BCUT2D eigenvalue weighted by Crippen LogP contribution is -2.26. The molecule has 1 aromatic carbocycles. The molecule has 0 fully saturated rings. The molecule has 0 spiro atoms. The predicted molar refractivity (Wildman–Crippen MR) is 134 cm³/mol. The first-order valence-corrected chi connectivity index (χ1v) is 11.8. The molecule has 35 heavy (non-hydrogen) atoms. The van der Waals surface area contributed by atoms with Crippen LogP contribution in [0.2, 0.25) is 5.02 Å². The number of anilines is 2. The van der Waals surface area contributed by atoms with Gasteiger partial charge in [0.1, 0.15) is 11.8 Å². The molecular weight excluding hydrogens is 468 g/mol. The number of furan rings is 1. The molecular formula is C26H29ClN4O4. The lowest BCUT2D eigenvalue weighted by atomic mass is 9.76. The quantitative estimate of drug-likeness (QED) is 0.474. The van der Waals surface area contributed by atoms with Crippen LogP contribution in [0.5, 0.6) is 0 Å². The van der Waals surface area contributed by atoms with Crippen LogP contribution in [0.4, 0.5) is 11.4 Å². The van der Waals surface area contributed by atoms with Gasteiger partial charge in [-0.1, -0.05) is 25.4 Å². The summed E-state index contributed by atoms with van der Waals surface area (Å²) in [5.74, 6) is -0.0582. The zero-order chi connectivity index (χ0) is 25.7. The number of rotatable bonds is 5. The number of fused-ring (bicyclic) bond motifs is 1. The monoisotopic (exact) mass is 496 g/mol. The van der Waals surface area contributed by atoms with Gasteiger partial charge in [-0.25, -0.2) is 0 Å². The van der Waals surface area contributed by atoms with Crippen LogP contribution in [0.1, 0.15) is 76.9 Å². The van der Waals surface area contributed by atoms with E-state index in [-0.39, 0.29) is 27.9 Å². The minimum atomic E-state index is -0.528. The van der Waals surface area contributed by atoms with Crippen molar-refractivity contribution in [2.24, 2.45) is 5.41 Å². The number of benzene rings is 1. The highest BCUT2D eigenvalue weighted by Gasteiger charge is 2.37. The Bertz CT molecular complexity index is 1350. The fourth-order valence-electron chi connectivity index (χ4n) is 4.57. The molecule has 1 atom stereocenters. The minimum Gasteiger partial charge on any atom is -0.455 e. The number of carbonyl (C=O) groups is 3. The smallest absolute Gasteiger partial charge is 0.291 e. The number of nitrogens with zero attached hydrogens (tertiary/aromatic N) is 2. The summed E-state index contributed by atoms with van der Waals surface area (Å²) in [4.78, 5) is 38.3. The van der Waals surface area contributed by atoms with Crippen LogP contribution in [0.25, 0.3) is 0 Å². The lowest BCUT2D eigenvalue weighted by Gasteiger charge is -2.27. The molecule has 2 N–H and O–H groups in total. The summed E-state index contributed by atoms with van der Waals surface area (Å²) >= 11 is 6.40. The second-order valence-electron chi connectivity index (χ2n) is 9.98. The van der Waals surface area contributed by atoms with E-state index in [1.165, 1.54) is 0 Å². The van der Waals surface area contributed by atoms with Crippen molar-refractivity contribution in [2.45, 2.75) is 60.4 Å². The molecule has 1 aliphatic carbocycles. The van der Waals surface area contributed by atoms with Crippen molar-refractivity contribution in [1.29, 1.82) is 0 Å². The Morgan fingerprint density at radius 1 is 1.14 bits per heavy atom. The summed E-state index contributed by atoms with van der Waals surface area (Å²) in [5, 5.41) is 10.2. The van der Waals surface area contributed by atoms with Crippen molar-refractivity contribution in [2.75, 3.05) is 10.6 Å². The molecule has 3 aromatic rings. The molecule has 0 bridgehead atoms. The van der Waals surface area contributed by atoms with E-state index in [0.29, 0.717) is 41.1 Å². The number of aromatic nitrogens is 2. The molecule has 9 heteroatoms. The number of hydrogen-bond donors (Lipinski definition) is 2. The number of ketones is 1. The van der Waals surface area contributed by atoms with Gasteiger partial charge in [0.15, 0.2) is 11.5 Å². The number of amides is 2. The SMILES string of the molecule is Cc1cc(C)n(C(C)C(=O)Nc2ccc(NC(=O)c3oc4c(c3C)C(=O)CC(C)(C)C4)cc2Cl)n1. The number of halogens is 1. The highest BCUT2D eigenvalue weighted by Crippen LogP contribution is 2.38. The van der Waals surface area contributed by atoms with Crippen molar-refractivity contribution in [1.82, 2.24) is 9.78 Å². The topological polar surface area (TPSA) is 106 Å². The Morgan fingerprint density at radius 2 is 1.86 bits per heavy atom. The Morgan fingerprint density at radius 3 is 2.49 bits per heavy atom. The van der Waals surface area contributed by atoms with Crippen LogP contribution in [0.15, 0.2) is 28.7 Å². The summed E-state index contributed by atoms with van der Waals surface area (Å²) in [7, 11) is 0. The van der Waals surface area contributed by atoms with E-state index in [2.05, 4.69) is 15.7 Å². The standard InChI is InChI=1S/C26H29ClN4O4/c1-13-9-14(2)31(30-13)16(4)24(33)29-19-8-7-17(10-18(19)27)28-25(34)23-15(3)22-20(32)11-26(5,6)12-21(22)35-23/h7-10,16H,11-12H2,1-6H3,(H,28,34)(H,29,33). The second-order valence-corrected chi connectivity index (χ2v) is 10.4. The molecule has 184 valence electrons. The average molecular weight is 497 g/mol. The van der Waals surface area contributed by atoms with Gasteiger partial charge in [-0.3, -0.25) is 19.1 Å². The second kappa shape index (κ2) is 9.00. The Balaban J connectivity index is 1.48. The Kier molecular flexibility index (Phi) is 6.36. The Labute approximate surface area is 209 Å². The first-order valence-electron chi connectivity index (χ1n) is 11.5. The van der Waals surface area contributed by atoms with Crippen molar-refractivity contribution in [3.05, 3.63) is 63.3 Å². The highest BCUT2D eigenvalue weighted by atomic mass is 35.5. The third-order valence-electron chi connectivity index (χ3n) is 6.26. The average Bonchev–Trinajstić information content (AvgIpc) is 3.26. The molecule has 0 saturated carbocycles. The van der Waals surface area contributed by atoms with E-state index in [9.17, 15) is 14.4 Å². The first-order chi connectivity index (χ1) is 16.4. The van der Waals surface area contributed by atoms with Gasteiger partial charge in [0.25, 0.3) is 5.91 Å². The molecule has 0 saturated heterocycles. The maximum atomic E-state index is 12.9. The maximum absolute atomic E-state index is 12.9. The summed E-state index contributed by atoms with van der Waals surface area (Å²) < 4.78 is 7.49. The number of carbonyl (C=O) groups excluding carboxylic acids is 3. The van der Waals surface area contributed by atoms with Crippen LogP contribution in [0, 0.1) is 26.2 Å². The molecule has 2 heterocycles. The largest absolute Gasteiger partial charge is 0.455 e. The normalized spacial score (nSPS) is 15.5. The van der Waals surface area contributed by atoms with Gasteiger partial charge in [-0.05, 0) is 57.4 Å². The van der Waals surface area contributed by atoms with Gasteiger partial charge in [-0.15, -0.1) is 0 Å².